The fourth-order valence-electron chi connectivity index (χ4n) is 4.68. The summed E-state index contributed by atoms with van der Waals surface area (Å²) in [6, 6.07) is 7.96. The highest BCUT2D eigenvalue weighted by Gasteiger charge is 2.25. The summed E-state index contributed by atoms with van der Waals surface area (Å²) in [5, 5.41) is 1.39. The molecule has 5 rings (SSSR count). The van der Waals surface area contributed by atoms with E-state index in [-0.39, 0.29) is 11.5 Å². The van der Waals surface area contributed by atoms with E-state index >= 15 is 0 Å². The molecule has 0 bridgehead atoms. The fraction of sp³-hybridized carbons (Fsp3) is 0.458. The molecule has 162 valence electrons. The van der Waals surface area contributed by atoms with Crippen LogP contribution in [0.25, 0.3) is 15.9 Å². The van der Waals surface area contributed by atoms with Gasteiger partial charge in [0.15, 0.2) is 5.16 Å². The number of nitrogens with zero attached hydrogens (tertiary/aromatic N) is 3. The molecular weight excluding hydrogens is 426 g/mol. The zero-order valence-electron chi connectivity index (χ0n) is 18.0. The molecule has 0 saturated carbocycles. The molecule has 0 radical (unpaired) electrons. The van der Waals surface area contributed by atoms with Crippen LogP contribution in [0.1, 0.15) is 42.2 Å². The van der Waals surface area contributed by atoms with Gasteiger partial charge in [-0.25, -0.2) is 4.98 Å². The minimum Gasteiger partial charge on any atom is -0.342 e. The van der Waals surface area contributed by atoms with Crippen molar-refractivity contribution in [2.75, 3.05) is 18.8 Å². The molecule has 1 unspecified atom stereocenters. The average Bonchev–Trinajstić information content (AvgIpc) is 3.34. The maximum Gasteiger partial charge on any atom is 0.267 e. The predicted molar refractivity (Wildman–Crippen MR) is 128 cm³/mol. The Morgan fingerprint density at radius 2 is 2.03 bits per heavy atom. The lowest BCUT2D eigenvalue weighted by molar-refractivity contribution is -0.130. The summed E-state index contributed by atoms with van der Waals surface area (Å²) in [7, 11) is 0. The van der Waals surface area contributed by atoms with Gasteiger partial charge in [0.2, 0.25) is 5.91 Å². The van der Waals surface area contributed by atoms with Gasteiger partial charge in [-0.15, -0.1) is 11.3 Å². The van der Waals surface area contributed by atoms with Crippen LogP contribution in [0.5, 0.6) is 0 Å². The van der Waals surface area contributed by atoms with Crippen molar-refractivity contribution in [2.24, 2.45) is 5.92 Å². The lowest BCUT2D eigenvalue weighted by atomic mass is 10.0. The van der Waals surface area contributed by atoms with Crippen LogP contribution in [-0.4, -0.2) is 39.2 Å². The van der Waals surface area contributed by atoms with Gasteiger partial charge < -0.3 is 4.90 Å². The number of carbonyl (C=O) groups is 1. The maximum absolute atomic E-state index is 13.7. The Morgan fingerprint density at radius 3 is 2.81 bits per heavy atom. The standard InChI is InChI=1S/C24H27N3O2S2/c1-15-8-10-17(11-9-15)27-23(29)21-18-6-3-7-19(18)31-22(21)25-24(27)30-14-20(28)26-12-4-5-16(2)13-26/h8-11,16H,3-7,12-14H2,1-2H3. The number of thiophene rings is 1. The molecule has 2 aliphatic rings. The number of aromatic nitrogens is 2. The Morgan fingerprint density at radius 1 is 1.23 bits per heavy atom. The second-order valence-corrected chi connectivity index (χ2v) is 10.8. The molecule has 1 saturated heterocycles. The number of hydrogen-bond donors (Lipinski definition) is 0. The van der Waals surface area contributed by atoms with E-state index in [1.165, 1.54) is 28.6 Å². The molecule has 1 aliphatic heterocycles. The number of aryl methyl sites for hydroxylation is 3. The average molecular weight is 454 g/mol. The number of rotatable bonds is 4. The largest absolute Gasteiger partial charge is 0.342 e. The molecule has 1 aliphatic carbocycles. The zero-order valence-corrected chi connectivity index (χ0v) is 19.7. The lowest BCUT2D eigenvalue weighted by Crippen LogP contribution is -2.40. The second kappa shape index (κ2) is 8.43. The van der Waals surface area contributed by atoms with E-state index in [0.717, 1.165) is 60.2 Å². The molecule has 1 aromatic carbocycles. The van der Waals surface area contributed by atoms with Crippen LogP contribution < -0.4 is 5.56 Å². The number of amides is 1. The number of likely N-dealkylation sites (tertiary alicyclic amines) is 1. The van der Waals surface area contributed by atoms with Crippen molar-refractivity contribution in [2.45, 2.75) is 51.1 Å². The van der Waals surface area contributed by atoms with Gasteiger partial charge in [-0.3, -0.25) is 14.2 Å². The van der Waals surface area contributed by atoms with E-state index in [1.54, 1.807) is 15.9 Å². The molecule has 31 heavy (non-hydrogen) atoms. The third-order valence-electron chi connectivity index (χ3n) is 6.33. The first-order valence-electron chi connectivity index (χ1n) is 11.1. The van der Waals surface area contributed by atoms with Crippen LogP contribution in [0.4, 0.5) is 0 Å². The summed E-state index contributed by atoms with van der Waals surface area (Å²) < 4.78 is 1.71. The smallest absolute Gasteiger partial charge is 0.267 e. The summed E-state index contributed by atoms with van der Waals surface area (Å²) >= 11 is 3.04. The van der Waals surface area contributed by atoms with Crippen LogP contribution in [0.15, 0.2) is 34.2 Å². The molecule has 3 aromatic rings. The maximum atomic E-state index is 13.7. The Bertz CT molecular complexity index is 1200. The van der Waals surface area contributed by atoms with Gasteiger partial charge in [0.1, 0.15) is 4.83 Å². The van der Waals surface area contributed by atoms with Crippen molar-refractivity contribution in [1.82, 2.24) is 14.5 Å². The highest BCUT2D eigenvalue weighted by atomic mass is 32.2. The molecule has 3 heterocycles. The van der Waals surface area contributed by atoms with Crippen molar-refractivity contribution < 1.29 is 4.79 Å². The molecule has 0 N–H and O–H groups in total. The lowest BCUT2D eigenvalue weighted by Gasteiger charge is -2.30. The van der Waals surface area contributed by atoms with E-state index < -0.39 is 0 Å². The fourth-order valence-corrected chi connectivity index (χ4v) is 6.89. The first kappa shape index (κ1) is 20.8. The number of benzene rings is 1. The van der Waals surface area contributed by atoms with Gasteiger partial charge in [0, 0.05) is 18.0 Å². The van der Waals surface area contributed by atoms with E-state index in [2.05, 4.69) is 6.92 Å². The minimum atomic E-state index is -0.00482. The van der Waals surface area contributed by atoms with E-state index in [4.69, 9.17) is 4.98 Å². The number of thioether (sulfide) groups is 1. The normalized spacial score (nSPS) is 18.5. The van der Waals surface area contributed by atoms with E-state index in [1.807, 2.05) is 36.1 Å². The van der Waals surface area contributed by atoms with Crippen molar-refractivity contribution in [3.63, 3.8) is 0 Å². The number of piperidine rings is 1. The molecule has 2 aromatic heterocycles. The summed E-state index contributed by atoms with van der Waals surface area (Å²) in [4.78, 5) is 35.5. The summed E-state index contributed by atoms with van der Waals surface area (Å²) in [5.74, 6) is 0.994. The van der Waals surface area contributed by atoms with Crippen LogP contribution >= 0.6 is 23.1 Å². The predicted octanol–water partition coefficient (Wildman–Crippen LogP) is 4.59. The molecule has 1 amide bonds. The van der Waals surface area contributed by atoms with Crippen LogP contribution in [0, 0.1) is 12.8 Å². The Kier molecular flexibility index (Phi) is 5.65. The van der Waals surface area contributed by atoms with Gasteiger partial charge in [0.05, 0.1) is 16.8 Å². The summed E-state index contributed by atoms with van der Waals surface area (Å²) in [5.41, 5.74) is 3.14. The highest BCUT2D eigenvalue weighted by molar-refractivity contribution is 7.99. The van der Waals surface area contributed by atoms with Gasteiger partial charge in [-0.05, 0) is 62.6 Å². The molecular formula is C24H27N3O2S2. The Balaban J connectivity index is 1.53. The molecule has 7 heteroatoms. The van der Waals surface area contributed by atoms with Crippen molar-refractivity contribution in [3.8, 4) is 5.69 Å². The van der Waals surface area contributed by atoms with Gasteiger partial charge in [-0.2, -0.15) is 0 Å². The van der Waals surface area contributed by atoms with Crippen LogP contribution in [0.2, 0.25) is 0 Å². The van der Waals surface area contributed by atoms with Crippen LogP contribution in [-0.2, 0) is 17.6 Å². The monoisotopic (exact) mass is 453 g/mol. The second-order valence-electron chi connectivity index (χ2n) is 8.78. The van der Waals surface area contributed by atoms with Gasteiger partial charge >= 0.3 is 0 Å². The third kappa shape index (κ3) is 3.94. The molecule has 5 nitrogen and oxygen atoms in total. The Hall–Kier alpha value is -2.12. The van der Waals surface area contributed by atoms with Crippen molar-refractivity contribution in [3.05, 3.63) is 50.6 Å². The third-order valence-corrected chi connectivity index (χ3v) is 8.44. The minimum absolute atomic E-state index is 0.00482. The Labute approximate surface area is 190 Å². The van der Waals surface area contributed by atoms with E-state index in [0.29, 0.717) is 16.8 Å². The van der Waals surface area contributed by atoms with Gasteiger partial charge in [0.25, 0.3) is 5.56 Å². The number of hydrogen-bond acceptors (Lipinski definition) is 5. The number of fused-ring (bicyclic) bond motifs is 3. The SMILES string of the molecule is Cc1ccc(-n2c(SCC(=O)N3CCCC(C)C3)nc3sc4c(c3c2=O)CCC4)cc1. The van der Waals surface area contributed by atoms with Gasteiger partial charge in [-0.1, -0.05) is 36.4 Å². The summed E-state index contributed by atoms with van der Waals surface area (Å²) in [6.07, 6.45) is 5.36. The molecule has 1 fully saturated rings. The number of carbonyl (C=O) groups excluding carboxylic acids is 1. The zero-order chi connectivity index (χ0) is 21.5. The topological polar surface area (TPSA) is 55.2 Å². The van der Waals surface area contributed by atoms with Crippen LogP contribution in [0.3, 0.4) is 0 Å². The molecule has 0 spiro atoms. The highest BCUT2D eigenvalue weighted by Crippen LogP contribution is 2.36. The first-order chi connectivity index (χ1) is 15.0. The first-order valence-corrected chi connectivity index (χ1v) is 12.9. The van der Waals surface area contributed by atoms with Crippen molar-refractivity contribution >= 4 is 39.2 Å². The molecule has 1 atom stereocenters. The summed E-state index contributed by atoms with van der Waals surface area (Å²) in [6.45, 7) is 5.90. The quantitative estimate of drug-likeness (QED) is 0.428. The van der Waals surface area contributed by atoms with E-state index in [9.17, 15) is 9.59 Å². The van der Waals surface area contributed by atoms with Crippen molar-refractivity contribution in [1.29, 1.82) is 0 Å².